The lowest BCUT2D eigenvalue weighted by Gasteiger charge is -2.26. The molecule has 1 atom stereocenters. The van der Waals surface area contributed by atoms with Gasteiger partial charge in [-0.2, -0.15) is 0 Å². The molecule has 3 aromatic carbocycles. The van der Waals surface area contributed by atoms with Gasteiger partial charge in [0, 0.05) is 5.56 Å². The number of rotatable bonds is 6. The highest BCUT2D eigenvalue weighted by molar-refractivity contribution is 7.07. The standard InChI is InChI=1S/C30H24N2O6S/c1-3-36-29(34)25-26(19-8-5-4-6-9-19)31-30-32(27(25)20-10-7-11-21(16-20)35-2)28(33)24(39-30)15-18-12-13-22-23(14-18)38-17-37-22/h4-16,27H,3,17H2,1-2H3/b24-15-/t27-/m1/s1. The smallest absolute Gasteiger partial charge is 0.338 e. The summed E-state index contributed by atoms with van der Waals surface area (Å²) in [5, 5.41) is 0. The lowest BCUT2D eigenvalue weighted by atomic mass is 9.93. The van der Waals surface area contributed by atoms with Crippen LogP contribution in [0.1, 0.15) is 29.7 Å². The van der Waals surface area contributed by atoms with E-state index in [1.165, 1.54) is 11.3 Å². The maximum Gasteiger partial charge on any atom is 0.338 e. The van der Waals surface area contributed by atoms with Gasteiger partial charge in [-0.25, -0.2) is 9.79 Å². The van der Waals surface area contributed by atoms with E-state index in [4.69, 9.17) is 23.9 Å². The van der Waals surface area contributed by atoms with E-state index < -0.39 is 12.0 Å². The molecule has 0 bridgehead atoms. The molecule has 2 aliphatic heterocycles. The molecule has 0 spiro atoms. The number of aromatic nitrogens is 1. The fraction of sp³-hybridized carbons (Fsp3) is 0.167. The molecule has 196 valence electrons. The number of carbonyl (C=O) groups is 1. The van der Waals surface area contributed by atoms with Crippen molar-refractivity contribution in [1.29, 1.82) is 0 Å². The molecule has 0 amide bonds. The second-order valence-corrected chi connectivity index (χ2v) is 9.83. The Morgan fingerprint density at radius 3 is 2.69 bits per heavy atom. The van der Waals surface area contributed by atoms with Crippen LogP contribution in [0.15, 0.2) is 88.2 Å². The van der Waals surface area contributed by atoms with Crippen molar-refractivity contribution in [1.82, 2.24) is 4.57 Å². The van der Waals surface area contributed by atoms with E-state index in [1.54, 1.807) is 24.7 Å². The number of ether oxygens (including phenoxy) is 4. The van der Waals surface area contributed by atoms with Crippen molar-refractivity contribution in [2.45, 2.75) is 13.0 Å². The molecular weight excluding hydrogens is 516 g/mol. The highest BCUT2D eigenvalue weighted by Crippen LogP contribution is 2.36. The number of nitrogens with zero attached hydrogens (tertiary/aromatic N) is 2. The Morgan fingerprint density at radius 1 is 1.08 bits per heavy atom. The van der Waals surface area contributed by atoms with Crippen LogP contribution in [0.2, 0.25) is 0 Å². The number of methoxy groups -OCH3 is 1. The summed E-state index contributed by atoms with van der Waals surface area (Å²) < 4.78 is 23.9. The van der Waals surface area contributed by atoms with E-state index in [2.05, 4.69) is 0 Å². The Kier molecular flexibility index (Phi) is 6.50. The highest BCUT2D eigenvalue weighted by Gasteiger charge is 2.35. The first kappa shape index (κ1) is 24.7. The first-order valence-corrected chi connectivity index (χ1v) is 13.2. The van der Waals surface area contributed by atoms with Crippen LogP contribution in [-0.2, 0) is 9.53 Å². The number of hydrogen-bond acceptors (Lipinski definition) is 8. The van der Waals surface area contributed by atoms with Crippen molar-refractivity contribution >= 4 is 29.1 Å². The van der Waals surface area contributed by atoms with Gasteiger partial charge in [-0.15, -0.1) is 0 Å². The lowest BCUT2D eigenvalue weighted by Crippen LogP contribution is -2.40. The van der Waals surface area contributed by atoms with Crippen molar-refractivity contribution in [3.63, 3.8) is 0 Å². The predicted octanol–water partition coefficient (Wildman–Crippen LogP) is 3.67. The largest absolute Gasteiger partial charge is 0.497 e. The quantitative estimate of drug-likeness (QED) is 0.347. The van der Waals surface area contributed by atoms with E-state index in [1.807, 2.05) is 72.8 Å². The van der Waals surface area contributed by atoms with Crippen LogP contribution in [0, 0.1) is 0 Å². The lowest BCUT2D eigenvalue weighted by molar-refractivity contribution is -0.138. The van der Waals surface area contributed by atoms with Gasteiger partial charge in [-0.05, 0) is 48.4 Å². The molecule has 4 aromatic rings. The summed E-state index contributed by atoms with van der Waals surface area (Å²) in [6, 6.07) is 21.5. The van der Waals surface area contributed by atoms with Gasteiger partial charge in [0.1, 0.15) is 5.75 Å². The third-order valence-corrected chi connectivity index (χ3v) is 7.46. The van der Waals surface area contributed by atoms with Crippen LogP contribution >= 0.6 is 11.3 Å². The van der Waals surface area contributed by atoms with E-state index in [0.29, 0.717) is 43.4 Å². The minimum Gasteiger partial charge on any atom is -0.497 e. The molecule has 0 unspecified atom stereocenters. The van der Waals surface area contributed by atoms with Gasteiger partial charge in [-0.1, -0.05) is 59.9 Å². The SMILES string of the molecule is CCOC(=O)C1=C(c2ccccc2)N=c2s/c(=C\c3ccc4c(c3)OCO4)c(=O)n2[C@@H]1c1cccc(OC)c1. The normalized spacial score (nSPS) is 16.1. The molecule has 3 heterocycles. The molecule has 39 heavy (non-hydrogen) atoms. The molecule has 0 saturated carbocycles. The van der Waals surface area contributed by atoms with Crippen molar-refractivity contribution in [3.05, 3.63) is 115 Å². The summed E-state index contributed by atoms with van der Waals surface area (Å²) in [5.41, 5.74) is 2.74. The molecule has 0 aliphatic carbocycles. The van der Waals surface area contributed by atoms with E-state index in [9.17, 15) is 9.59 Å². The van der Waals surface area contributed by atoms with Crippen LogP contribution in [0.5, 0.6) is 17.2 Å². The average molecular weight is 541 g/mol. The summed E-state index contributed by atoms with van der Waals surface area (Å²) in [7, 11) is 1.58. The number of fused-ring (bicyclic) bond motifs is 2. The van der Waals surface area contributed by atoms with Gasteiger partial charge in [-0.3, -0.25) is 9.36 Å². The Hall–Kier alpha value is -4.63. The monoisotopic (exact) mass is 540 g/mol. The zero-order valence-corrected chi connectivity index (χ0v) is 22.1. The molecule has 0 saturated heterocycles. The molecule has 9 heteroatoms. The minimum atomic E-state index is -0.774. The summed E-state index contributed by atoms with van der Waals surface area (Å²) >= 11 is 1.26. The third kappa shape index (κ3) is 4.51. The van der Waals surface area contributed by atoms with Crippen LogP contribution in [0.3, 0.4) is 0 Å². The Bertz CT molecular complexity index is 1790. The van der Waals surface area contributed by atoms with Crippen molar-refractivity contribution in [2.24, 2.45) is 4.99 Å². The maximum absolute atomic E-state index is 14.0. The van der Waals surface area contributed by atoms with E-state index >= 15 is 0 Å². The summed E-state index contributed by atoms with van der Waals surface area (Å²) in [5.74, 6) is 1.37. The first-order valence-electron chi connectivity index (χ1n) is 12.4. The zero-order chi connectivity index (χ0) is 26.9. The van der Waals surface area contributed by atoms with E-state index in [0.717, 1.165) is 11.1 Å². The zero-order valence-electron chi connectivity index (χ0n) is 21.2. The summed E-state index contributed by atoms with van der Waals surface area (Å²) in [6.07, 6.45) is 1.80. The predicted molar refractivity (Wildman–Crippen MR) is 147 cm³/mol. The second-order valence-electron chi connectivity index (χ2n) is 8.82. The molecule has 0 N–H and O–H groups in total. The Labute approximate surface area is 227 Å². The molecule has 6 rings (SSSR count). The molecule has 1 aromatic heterocycles. The first-order chi connectivity index (χ1) is 19.1. The Morgan fingerprint density at radius 2 is 1.90 bits per heavy atom. The van der Waals surface area contributed by atoms with Crippen molar-refractivity contribution < 1.29 is 23.7 Å². The highest BCUT2D eigenvalue weighted by atomic mass is 32.1. The second kappa shape index (κ2) is 10.3. The average Bonchev–Trinajstić information content (AvgIpc) is 3.56. The maximum atomic E-state index is 14.0. The van der Waals surface area contributed by atoms with Gasteiger partial charge in [0.25, 0.3) is 5.56 Å². The van der Waals surface area contributed by atoms with Crippen LogP contribution in [0.25, 0.3) is 11.8 Å². The van der Waals surface area contributed by atoms with Gasteiger partial charge < -0.3 is 18.9 Å². The summed E-state index contributed by atoms with van der Waals surface area (Å²) in [4.78, 5) is 32.9. The van der Waals surface area contributed by atoms with Crippen LogP contribution < -0.4 is 29.1 Å². The van der Waals surface area contributed by atoms with Crippen molar-refractivity contribution in [3.8, 4) is 17.2 Å². The topological polar surface area (TPSA) is 88.4 Å². The molecule has 8 nitrogen and oxygen atoms in total. The number of carbonyl (C=O) groups excluding carboxylic acids is 1. The number of thiazole rings is 1. The van der Waals surface area contributed by atoms with Gasteiger partial charge in [0.05, 0.1) is 35.6 Å². The van der Waals surface area contributed by atoms with Crippen LogP contribution in [-0.4, -0.2) is 31.0 Å². The van der Waals surface area contributed by atoms with Crippen LogP contribution in [0.4, 0.5) is 0 Å². The third-order valence-electron chi connectivity index (χ3n) is 6.48. The molecule has 2 aliphatic rings. The molecular formula is C30H24N2O6S. The minimum absolute atomic E-state index is 0.167. The van der Waals surface area contributed by atoms with Gasteiger partial charge >= 0.3 is 5.97 Å². The molecule has 0 fully saturated rings. The Balaban J connectivity index is 1.62. The van der Waals surface area contributed by atoms with E-state index in [-0.39, 0.29) is 19.0 Å². The number of benzene rings is 3. The fourth-order valence-corrected chi connectivity index (χ4v) is 5.72. The molecule has 0 radical (unpaired) electrons. The number of esters is 1. The number of hydrogen-bond donors (Lipinski definition) is 0. The fourth-order valence-electron chi connectivity index (χ4n) is 4.72. The summed E-state index contributed by atoms with van der Waals surface area (Å²) in [6.45, 7) is 2.10. The van der Waals surface area contributed by atoms with Gasteiger partial charge in [0.15, 0.2) is 16.3 Å². The van der Waals surface area contributed by atoms with Gasteiger partial charge in [0.2, 0.25) is 6.79 Å². The van der Waals surface area contributed by atoms with Crippen molar-refractivity contribution in [2.75, 3.05) is 20.5 Å².